The summed E-state index contributed by atoms with van der Waals surface area (Å²) in [5.41, 5.74) is 2.50. The van der Waals surface area contributed by atoms with E-state index in [4.69, 9.17) is 16.3 Å². The molecule has 3 rings (SSSR count). The molecular formula is C21H26ClNO. The molecule has 1 fully saturated rings. The molecule has 0 aliphatic carbocycles. The lowest BCUT2D eigenvalue weighted by atomic mass is 10.0. The average Bonchev–Trinajstić information content (AvgIpc) is 3.01. The van der Waals surface area contributed by atoms with Gasteiger partial charge in [0.15, 0.2) is 0 Å². The zero-order chi connectivity index (χ0) is 16.8. The van der Waals surface area contributed by atoms with Crippen molar-refractivity contribution < 1.29 is 4.74 Å². The van der Waals surface area contributed by atoms with E-state index < -0.39 is 0 Å². The minimum Gasteiger partial charge on any atom is -0.373 e. The number of rotatable bonds is 7. The second-order valence-electron chi connectivity index (χ2n) is 6.67. The fourth-order valence-electron chi connectivity index (χ4n) is 3.47. The van der Waals surface area contributed by atoms with Crippen molar-refractivity contribution in [2.24, 2.45) is 0 Å². The molecule has 0 saturated carbocycles. The Bertz CT molecular complexity index is 613. The summed E-state index contributed by atoms with van der Waals surface area (Å²) in [7, 11) is 2.22. The number of likely N-dealkylation sites (tertiary alicyclic amines) is 1. The molecule has 2 atom stereocenters. The van der Waals surface area contributed by atoms with E-state index in [-0.39, 0.29) is 6.10 Å². The summed E-state index contributed by atoms with van der Waals surface area (Å²) >= 11 is 6.04. The summed E-state index contributed by atoms with van der Waals surface area (Å²) in [6.45, 7) is 2.02. The molecule has 24 heavy (non-hydrogen) atoms. The molecule has 0 radical (unpaired) electrons. The van der Waals surface area contributed by atoms with Crippen LogP contribution in [0.15, 0.2) is 54.6 Å². The van der Waals surface area contributed by atoms with Crippen LogP contribution < -0.4 is 0 Å². The van der Waals surface area contributed by atoms with Gasteiger partial charge in [-0.05, 0) is 56.1 Å². The number of benzene rings is 2. The lowest BCUT2D eigenvalue weighted by Gasteiger charge is -2.23. The number of ether oxygens (including phenoxy) is 1. The Hall–Kier alpha value is -1.35. The van der Waals surface area contributed by atoms with Crippen molar-refractivity contribution in [3.05, 3.63) is 70.7 Å². The highest BCUT2D eigenvalue weighted by atomic mass is 35.5. The lowest BCUT2D eigenvalue weighted by molar-refractivity contribution is 0.0415. The molecule has 3 heteroatoms. The normalized spacial score (nSPS) is 19.5. The lowest BCUT2D eigenvalue weighted by Crippen LogP contribution is -2.26. The van der Waals surface area contributed by atoms with Gasteiger partial charge in [-0.1, -0.05) is 54.1 Å². The number of nitrogens with zero attached hydrogens (tertiary/aromatic N) is 1. The van der Waals surface area contributed by atoms with E-state index in [1.54, 1.807) is 0 Å². The summed E-state index contributed by atoms with van der Waals surface area (Å²) in [6.07, 6.45) is 4.69. The SMILES string of the molecule is CN1CCCC1CCO[C@H](Cc1ccccc1)c1ccc(Cl)cc1. The maximum Gasteiger partial charge on any atom is 0.0865 e. The van der Waals surface area contributed by atoms with E-state index in [9.17, 15) is 0 Å². The van der Waals surface area contributed by atoms with Gasteiger partial charge in [-0.15, -0.1) is 0 Å². The molecule has 1 unspecified atom stereocenters. The molecule has 2 aromatic rings. The molecule has 0 N–H and O–H groups in total. The smallest absolute Gasteiger partial charge is 0.0865 e. The third-order valence-electron chi connectivity index (χ3n) is 4.95. The topological polar surface area (TPSA) is 12.5 Å². The standard InChI is InChI=1S/C21H26ClNO/c1-23-14-5-8-20(23)13-15-24-21(16-17-6-3-2-4-7-17)18-9-11-19(22)12-10-18/h2-4,6-7,9-12,20-21H,5,8,13-16H2,1H3/t20?,21-/m1/s1. The van der Waals surface area contributed by atoms with Crippen molar-refractivity contribution in [1.29, 1.82) is 0 Å². The highest BCUT2D eigenvalue weighted by Crippen LogP contribution is 2.25. The van der Waals surface area contributed by atoms with Gasteiger partial charge in [0.05, 0.1) is 6.10 Å². The van der Waals surface area contributed by atoms with Crippen molar-refractivity contribution in [1.82, 2.24) is 4.90 Å². The first-order chi connectivity index (χ1) is 11.7. The highest BCUT2D eigenvalue weighted by molar-refractivity contribution is 6.30. The van der Waals surface area contributed by atoms with Crippen LogP contribution >= 0.6 is 11.6 Å². The molecule has 1 saturated heterocycles. The minimum absolute atomic E-state index is 0.0800. The predicted octanol–water partition coefficient (Wildman–Crippen LogP) is 5.12. The van der Waals surface area contributed by atoms with Crippen LogP contribution in [0.25, 0.3) is 0 Å². The molecular weight excluding hydrogens is 318 g/mol. The molecule has 1 aliphatic heterocycles. The molecule has 2 aromatic carbocycles. The predicted molar refractivity (Wildman–Crippen MR) is 101 cm³/mol. The Morgan fingerprint density at radius 2 is 1.88 bits per heavy atom. The van der Waals surface area contributed by atoms with E-state index in [2.05, 4.69) is 54.4 Å². The fraction of sp³-hybridized carbons (Fsp3) is 0.429. The van der Waals surface area contributed by atoms with Crippen LogP contribution in [0.1, 0.15) is 36.5 Å². The summed E-state index contributed by atoms with van der Waals surface area (Å²) in [5.74, 6) is 0. The van der Waals surface area contributed by atoms with Crippen LogP contribution in [-0.2, 0) is 11.2 Å². The average molecular weight is 344 g/mol. The molecule has 128 valence electrons. The van der Waals surface area contributed by atoms with Gasteiger partial charge in [-0.3, -0.25) is 0 Å². The number of hydrogen-bond donors (Lipinski definition) is 0. The Balaban J connectivity index is 1.63. The Morgan fingerprint density at radius 1 is 1.12 bits per heavy atom. The van der Waals surface area contributed by atoms with E-state index >= 15 is 0 Å². The largest absolute Gasteiger partial charge is 0.373 e. The molecule has 0 bridgehead atoms. The zero-order valence-corrected chi connectivity index (χ0v) is 15.1. The van der Waals surface area contributed by atoms with Crippen LogP contribution in [0.2, 0.25) is 5.02 Å². The summed E-state index contributed by atoms with van der Waals surface area (Å²) < 4.78 is 6.31. The third-order valence-corrected chi connectivity index (χ3v) is 5.20. The second-order valence-corrected chi connectivity index (χ2v) is 7.10. The van der Waals surface area contributed by atoms with Crippen LogP contribution in [0, 0.1) is 0 Å². The van der Waals surface area contributed by atoms with Crippen molar-refractivity contribution in [3.63, 3.8) is 0 Å². The van der Waals surface area contributed by atoms with Crippen LogP contribution in [0.4, 0.5) is 0 Å². The highest BCUT2D eigenvalue weighted by Gasteiger charge is 2.21. The Kier molecular flexibility index (Phi) is 6.30. The van der Waals surface area contributed by atoms with Crippen molar-refractivity contribution >= 4 is 11.6 Å². The Labute approximate surface area is 150 Å². The van der Waals surface area contributed by atoms with Gasteiger partial charge in [0, 0.05) is 24.1 Å². The van der Waals surface area contributed by atoms with Gasteiger partial charge in [-0.25, -0.2) is 0 Å². The van der Waals surface area contributed by atoms with Crippen LogP contribution in [-0.4, -0.2) is 31.1 Å². The van der Waals surface area contributed by atoms with E-state index in [1.165, 1.54) is 30.5 Å². The molecule has 2 nitrogen and oxygen atoms in total. The Morgan fingerprint density at radius 3 is 2.54 bits per heavy atom. The maximum atomic E-state index is 6.31. The van der Waals surface area contributed by atoms with Gasteiger partial charge >= 0.3 is 0 Å². The van der Waals surface area contributed by atoms with Crippen LogP contribution in [0.3, 0.4) is 0 Å². The number of hydrogen-bond acceptors (Lipinski definition) is 2. The van der Waals surface area contributed by atoms with Gasteiger partial charge in [-0.2, -0.15) is 0 Å². The zero-order valence-electron chi connectivity index (χ0n) is 14.3. The van der Waals surface area contributed by atoms with E-state index in [0.717, 1.165) is 24.5 Å². The fourth-order valence-corrected chi connectivity index (χ4v) is 3.59. The first-order valence-electron chi connectivity index (χ1n) is 8.83. The second kappa shape index (κ2) is 8.66. The molecule has 0 spiro atoms. The van der Waals surface area contributed by atoms with Crippen molar-refractivity contribution in [2.75, 3.05) is 20.2 Å². The van der Waals surface area contributed by atoms with E-state index in [1.807, 2.05) is 12.1 Å². The minimum atomic E-state index is 0.0800. The quantitative estimate of drug-likeness (QED) is 0.691. The number of halogens is 1. The molecule has 0 aromatic heterocycles. The van der Waals surface area contributed by atoms with E-state index in [0.29, 0.717) is 6.04 Å². The monoisotopic (exact) mass is 343 g/mol. The maximum absolute atomic E-state index is 6.31. The molecule has 1 aliphatic rings. The summed E-state index contributed by atoms with van der Waals surface area (Å²) in [5, 5.41) is 0.768. The van der Waals surface area contributed by atoms with Crippen molar-refractivity contribution in [3.8, 4) is 0 Å². The first-order valence-corrected chi connectivity index (χ1v) is 9.21. The molecule has 0 amide bonds. The first kappa shape index (κ1) is 17.5. The van der Waals surface area contributed by atoms with Gasteiger partial charge in [0.1, 0.15) is 0 Å². The molecule has 1 heterocycles. The summed E-state index contributed by atoms with van der Waals surface area (Å²) in [4.78, 5) is 2.46. The third kappa shape index (κ3) is 4.83. The van der Waals surface area contributed by atoms with Gasteiger partial charge in [0.2, 0.25) is 0 Å². The van der Waals surface area contributed by atoms with Gasteiger partial charge in [0.25, 0.3) is 0 Å². The summed E-state index contributed by atoms with van der Waals surface area (Å²) in [6, 6.07) is 19.3. The van der Waals surface area contributed by atoms with Gasteiger partial charge < -0.3 is 9.64 Å². The van der Waals surface area contributed by atoms with Crippen molar-refractivity contribution in [2.45, 2.75) is 37.8 Å². The van der Waals surface area contributed by atoms with Crippen LogP contribution in [0.5, 0.6) is 0 Å².